The Morgan fingerprint density at radius 1 is 0.613 bits per heavy atom. The third-order valence-corrected chi connectivity index (χ3v) is 5.05. The molecule has 0 radical (unpaired) electrons. The number of hydrogen-bond acceptors (Lipinski definition) is 3. The van der Waals surface area contributed by atoms with Crippen LogP contribution in [0, 0.1) is 13.8 Å². The van der Waals surface area contributed by atoms with Crippen molar-refractivity contribution in [2.45, 2.75) is 13.8 Å². The van der Waals surface area contributed by atoms with E-state index in [-0.39, 0.29) is 5.91 Å². The SMILES string of the molecule is Cc1ccc(Nc2ccccc2C(=O)Nc2ccccc2Nc2ccccc2)c(C)c1. The first-order chi connectivity index (χ1) is 15.1. The maximum Gasteiger partial charge on any atom is 0.257 e. The van der Waals surface area contributed by atoms with Gasteiger partial charge in [-0.3, -0.25) is 4.79 Å². The number of aryl methyl sites for hydroxylation is 2. The molecule has 0 bridgehead atoms. The lowest BCUT2D eigenvalue weighted by molar-refractivity contribution is 0.102. The van der Waals surface area contributed by atoms with Gasteiger partial charge in [-0.15, -0.1) is 0 Å². The zero-order chi connectivity index (χ0) is 21.6. The third kappa shape index (κ3) is 4.93. The fraction of sp³-hybridized carbons (Fsp3) is 0.0741. The summed E-state index contributed by atoms with van der Waals surface area (Å²) in [5.74, 6) is -0.171. The number of carbonyl (C=O) groups is 1. The molecule has 0 heterocycles. The summed E-state index contributed by atoms with van der Waals surface area (Å²) < 4.78 is 0. The zero-order valence-electron chi connectivity index (χ0n) is 17.6. The van der Waals surface area contributed by atoms with E-state index in [1.165, 1.54) is 5.56 Å². The highest BCUT2D eigenvalue weighted by molar-refractivity contribution is 6.09. The monoisotopic (exact) mass is 407 g/mol. The van der Waals surface area contributed by atoms with E-state index in [9.17, 15) is 4.79 Å². The lowest BCUT2D eigenvalue weighted by atomic mass is 10.1. The molecule has 4 rings (SSSR count). The van der Waals surface area contributed by atoms with Gasteiger partial charge < -0.3 is 16.0 Å². The average molecular weight is 408 g/mol. The van der Waals surface area contributed by atoms with Crippen LogP contribution in [0.1, 0.15) is 21.5 Å². The molecule has 0 saturated carbocycles. The fourth-order valence-electron chi connectivity index (χ4n) is 3.46. The van der Waals surface area contributed by atoms with Gasteiger partial charge in [0.05, 0.1) is 22.6 Å². The zero-order valence-corrected chi connectivity index (χ0v) is 17.6. The molecule has 0 saturated heterocycles. The smallest absolute Gasteiger partial charge is 0.257 e. The van der Waals surface area contributed by atoms with Crippen LogP contribution in [-0.2, 0) is 0 Å². The lowest BCUT2D eigenvalue weighted by Crippen LogP contribution is -2.15. The molecule has 3 N–H and O–H groups in total. The van der Waals surface area contributed by atoms with Gasteiger partial charge in [-0.25, -0.2) is 0 Å². The first-order valence-electron chi connectivity index (χ1n) is 10.3. The van der Waals surface area contributed by atoms with Crippen LogP contribution < -0.4 is 16.0 Å². The minimum absolute atomic E-state index is 0.171. The van der Waals surface area contributed by atoms with E-state index in [4.69, 9.17) is 0 Å². The number of rotatable bonds is 6. The van der Waals surface area contributed by atoms with Crippen LogP contribution in [0.3, 0.4) is 0 Å². The molecule has 4 nitrogen and oxygen atoms in total. The highest BCUT2D eigenvalue weighted by atomic mass is 16.1. The summed E-state index contributed by atoms with van der Waals surface area (Å²) in [5, 5.41) is 9.83. The largest absolute Gasteiger partial charge is 0.355 e. The van der Waals surface area contributed by atoms with Crippen molar-refractivity contribution in [3.05, 3.63) is 114 Å². The molecule has 0 aromatic heterocycles. The van der Waals surface area contributed by atoms with Crippen LogP contribution in [0.15, 0.2) is 97.1 Å². The van der Waals surface area contributed by atoms with Gasteiger partial charge in [-0.05, 0) is 61.9 Å². The first-order valence-corrected chi connectivity index (χ1v) is 10.3. The number of hydrogen-bond donors (Lipinski definition) is 3. The van der Waals surface area contributed by atoms with Crippen molar-refractivity contribution in [2.24, 2.45) is 0 Å². The van der Waals surface area contributed by atoms with Gasteiger partial charge in [0, 0.05) is 11.4 Å². The van der Waals surface area contributed by atoms with Crippen molar-refractivity contribution in [3.63, 3.8) is 0 Å². The number of benzene rings is 4. The molecule has 4 aromatic carbocycles. The highest BCUT2D eigenvalue weighted by Crippen LogP contribution is 2.28. The molecule has 0 fully saturated rings. The van der Waals surface area contributed by atoms with Crippen molar-refractivity contribution in [1.29, 1.82) is 0 Å². The second-order valence-electron chi connectivity index (χ2n) is 7.48. The maximum absolute atomic E-state index is 13.2. The summed E-state index contributed by atoms with van der Waals surface area (Å²) in [5.41, 5.74) is 7.18. The molecular weight excluding hydrogens is 382 g/mol. The number of amides is 1. The standard InChI is InChI=1S/C27H25N3O/c1-19-16-17-23(20(2)18-19)29-24-13-7-6-12-22(24)27(31)30-26-15-9-8-14-25(26)28-21-10-4-3-5-11-21/h3-18,28-29H,1-2H3,(H,30,31). The summed E-state index contributed by atoms with van der Waals surface area (Å²) in [6, 6.07) is 31.3. The Morgan fingerprint density at radius 2 is 1.26 bits per heavy atom. The van der Waals surface area contributed by atoms with Crippen LogP contribution in [0.2, 0.25) is 0 Å². The molecule has 31 heavy (non-hydrogen) atoms. The van der Waals surface area contributed by atoms with Crippen LogP contribution in [-0.4, -0.2) is 5.91 Å². The molecule has 4 heteroatoms. The lowest BCUT2D eigenvalue weighted by Gasteiger charge is -2.16. The van der Waals surface area contributed by atoms with Crippen molar-refractivity contribution in [3.8, 4) is 0 Å². The third-order valence-electron chi connectivity index (χ3n) is 5.05. The number of nitrogens with one attached hydrogen (secondary N) is 3. The molecule has 1 amide bonds. The van der Waals surface area contributed by atoms with Crippen LogP contribution in [0.5, 0.6) is 0 Å². The van der Waals surface area contributed by atoms with Gasteiger partial charge in [0.15, 0.2) is 0 Å². The Morgan fingerprint density at radius 3 is 2.00 bits per heavy atom. The van der Waals surface area contributed by atoms with Gasteiger partial charge in [0.2, 0.25) is 0 Å². The molecule has 0 aliphatic rings. The summed E-state index contributed by atoms with van der Waals surface area (Å²) in [7, 11) is 0. The normalized spacial score (nSPS) is 10.4. The average Bonchev–Trinajstić information content (AvgIpc) is 2.78. The molecule has 0 atom stereocenters. The first kappa shape index (κ1) is 20.2. The minimum atomic E-state index is -0.171. The Labute approximate surface area is 183 Å². The molecule has 0 aliphatic heterocycles. The summed E-state index contributed by atoms with van der Waals surface area (Å²) in [6.45, 7) is 4.13. The minimum Gasteiger partial charge on any atom is -0.355 e. The number of carbonyl (C=O) groups excluding carboxylic acids is 1. The van der Waals surface area contributed by atoms with Gasteiger partial charge in [0.25, 0.3) is 5.91 Å². The number of anilines is 5. The quantitative estimate of drug-likeness (QED) is 0.321. The van der Waals surface area contributed by atoms with Crippen molar-refractivity contribution >= 4 is 34.3 Å². The predicted octanol–water partition coefficient (Wildman–Crippen LogP) is 7.04. The second-order valence-corrected chi connectivity index (χ2v) is 7.48. The Hall–Kier alpha value is -4.05. The van der Waals surface area contributed by atoms with Crippen LogP contribution in [0.4, 0.5) is 28.4 Å². The second kappa shape index (κ2) is 9.18. The Bertz CT molecular complexity index is 1200. The molecule has 0 aliphatic carbocycles. The maximum atomic E-state index is 13.2. The van der Waals surface area contributed by atoms with Gasteiger partial charge in [-0.2, -0.15) is 0 Å². The molecule has 154 valence electrons. The summed E-state index contributed by atoms with van der Waals surface area (Å²) in [6.07, 6.45) is 0. The molecule has 0 unspecified atom stereocenters. The molecule has 4 aromatic rings. The summed E-state index contributed by atoms with van der Waals surface area (Å²) >= 11 is 0. The van der Waals surface area contributed by atoms with Crippen LogP contribution >= 0.6 is 0 Å². The fourth-order valence-corrected chi connectivity index (χ4v) is 3.46. The molecule has 0 spiro atoms. The van der Waals surface area contributed by atoms with E-state index in [1.54, 1.807) is 0 Å². The van der Waals surface area contributed by atoms with E-state index in [1.807, 2.05) is 84.9 Å². The van der Waals surface area contributed by atoms with Crippen molar-refractivity contribution < 1.29 is 4.79 Å². The van der Waals surface area contributed by atoms with Crippen molar-refractivity contribution in [2.75, 3.05) is 16.0 Å². The van der Waals surface area contributed by atoms with Crippen LogP contribution in [0.25, 0.3) is 0 Å². The topological polar surface area (TPSA) is 53.2 Å². The van der Waals surface area contributed by atoms with Gasteiger partial charge >= 0.3 is 0 Å². The van der Waals surface area contributed by atoms with Gasteiger partial charge in [-0.1, -0.05) is 60.2 Å². The Balaban J connectivity index is 1.58. The predicted molar refractivity (Wildman–Crippen MR) is 130 cm³/mol. The highest BCUT2D eigenvalue weighted by Gasteiger charge is 2.14. The van der Waals surface area contributed by atoms with Crippen molar-refractivity contribution in [1.82, 2.24) is 0 Å². The van der Waals surface area contributed by atoms with E-state index in [2.05, 4.69) is 41.9 Å². The molecular formula is C27H25N3O. The summed E-state index contributed by atoms with van der Waals surface area (Å²) in [4.78, 5) is 13.2. The van der Waals surface area contributed by atoms with E-state index in [0.29, 0.717) is 5.56 Å². The van der Waals surface area contributed by atoms with E-state index in [0.717, 1.165) is 34.0 Å². The van der Waals surface area contributed by atoms with Gasteiger partial charge in [0.1, 0.15) is 0 Å². The van der Waals surface area contributed by atoms with E-state index < -0.39 is 0 Å². The Kier molecular flexibility index (Phi) is 5.99. The van der Waals surface area contributed by atoms with E-state index >= 15 is 0 Å². The number of para-hydroxylation sites is 4.